The van der Waals surface area contributed by atoms with Gasteiger partial charge >= 0.3 is 0 Å². The van der Waals surface area contributed by atoms with Crippen LogP contribution in [0.2, 0.25) is 0 Å². The zero-order valence-corrected chi connectivity index (χ0v) is 13.1. The van der Waals surface area contributed by atoms with Gasteiger partial charge in [-0.15, -0.1) is 11.8 Å². The SMILES string of the molecule is CSc1c2c(cc3ccccc13)-c1cccc3cccc-2c13. The van der Waals surface area contributed by atoms with E-state index < -0.39 is 0 Å². The maximum absolute atomic E-state index is 2.36. The molecule has 0 spiro atoms. The van der Waals surface area contributed by atoms with Crippen molar-refractivity contribution < 1.29 is 0 Å². The average Bonchev–Trinajstić information content (AvgIpc) is 2.89. The van der Waals surface area contributed by atoms with Crippen molar-refractivity contribution in [3.63, 3.8) is 0 Å². The summed E-state index contributed by atoms with van der Waals surface area (Å²) in [5.41, 5.74) is 5.57. The van der Waals surface area contributed by atoms with Gasteiger partial charge in [-0.3, -0.25) is 0 Å². The monoisotopic (exact) mass is 298 g/mol. The summed E-state index contributed by atoms with van der Waals surface area (Å²) in [4.78, 5) is 1.40. The van der Waals surface area contributed by atoms with E-state index in [0.29, 0.717) is 0 Å². The van der Waals surface area contributed by atoms with Crippen LogP contribution in [0.3, 0.4) is 0 Å². The van der Waals surface area contributed by atoms with Gasteiger partial charge in [0.25, 0.3) is 0 Å². The van der Waals surface area contributed by atoms with Crippen LogP contribution in [-0.2, 0) is 0 Å². The smallest absolute Gasteiger partial charge is 0.0233 e. The van der Waals surface area contributed by atoms with Gasteiger partial charge in [-0.05, 0) is 50.6 Å². The summed E-state index contributed by atoms with van der Waals surface area (Å²) >= 11 is 1.86. The Morgan fingerprint density at radius 2 is 1.41 bits per heavy atom. The highest BCUT2D eigenvalue weighted by atomic mass is 32.2. The summed E-state index contributed by atoms with van der Waals surface area (Å²) in [6.07, 6.45) is 2.19. The van der Waals surface area contributed by atoms with E-state index in [0.717, 1.165) is 0 Å². The van der Waals surface area contributed by atoms with Crippen LogP contribution in [0, 0.1) is 0 Å². The number of fused-ring (bicyclic) bond motifs is 4. The second-order valence-corrected chi connectivity index (χ2v) is 6.58. The number of hydrogen-bond acceptors (Lipinski definition) is 1. The molecule has 0 radical (unpaired) electrons. The zero-order chi connectivity index (χ0) is 14.7. The fourth-order valence-corrected chi connectivity index (χ4v) is 4.61. The Bertz CT molecular complexity index is 1050. The summed E-state index contributed by atoms with van der Waals surface area (Å²) in [6, 6.07) is 24.4. The van der Waals surface area contributed by atoms with Gasteiger partial charge in [0.15, 0.2) is 0 Å². The molecule has 0 nitrogen and oxygen atoms in total. The minimum atomic E-state index is 1.33. The van der Waals surface area contributed by atoms with Gasteiger partial charge in [-0.25, -0.2) is 0 Å². The molecule has 0 aliphatic heterocycles. The van der Waals surface area contributed by atoms with Crippen LogP contribution < -0.4 is 0 Å². The highest BCUT2D eigenvalue weighted by Crippen LogP contribution is 2.52. The van der Waals surface area contributed by atoms with Crippen molar-refractivity contribution in [2.75, 3.05) is 6.26 Å². The fraction of sp³-hybridized carbons (Fsp3) is 0.0476. The molecule has 0 atom stereocenters. The van der Waals surface area contributed by atoms with E-state index in [9.17, 15) is 0 Å². The van der Waals surface area contributed by atoms with E-state index in [4.69, 9.17) is 0 Å². The van der Waals surface area contributed by atoms with Crippen LogP contribution in [0.25, 0.3) is 43.8 Å². The molecule has 0 heterocycles. The van der Waals surface area contributed by atoms with E-state index in [1.807, 2.05) is 11.8 Å². The Balaban J connectivity index is 2.05. The lowest BCUT2D eigenvalue weighted by Crippen LogP contribution is -1.85. The number of benzene rings is 4. The third-order valence-corrected chi connectivity index (χ3v) is 5.50. The van der Waals surface area contributed by atoms with Crippen LogP contribution in [0.4, 0.5) is 0 Å². The summed E-state index contributed by atoms with van der Waals surface area (Å²) in [5, 5.41) is 5.43. The van der Waals surface area contributed by atoms with Gasteiger partial charge in [0.1, 0.15) is 0 Å². The molecule has 0 aromatic heterocycles. The van der Waals surface area contributed by atoms with Crippen molar-refractivity contribution >= 4 is 33.3 Å². The zero-order valence-electron chi connectivity index (χ0n) is 12.3. The Kier molecular flexibility index (Phi) is 2.45. The fourth-order valence-electron chi connectivity index (χ4n) is 3.78. The summed E-state index contributed by atoms with van der Waals surface area (Å²) < 4.78 is 0. The first kappa shape index (κ1) is 12.3. The molecular weight excluding hydrogens is 284 g/mol. The molecule has 4 aromatic carbocycles. The summed E-state index contributed by atoms with van der Waals surface area (Å²) in [6.45, 7) is 0. The largest absolute Gasteiger partial charge is 0.128 e. The molecule has 5 rings (SSSR count). The Morgan fingerprint density at radius 1 is 0.682 bits per heavy atom. The van der Waals surface area contributed by atoms with Crippen molar-refractivity contribution in [2.45, 2.75) is 4.90 Å². The van der Waals surface area contributed by atoms with Crippen molar-refractivity contribution in [1.82, 2.24) is 0 Å². The molecule has 1 aliphatic rings. The molecule has 0 saturated heterocycles. The van der Waals surface area contributed by atoms with E-state index in [2.05, 4.69) is 73.0 Å². The average molecular weight is 298 g/mol. The molecule has 0 bridgehead atoms. The highest BCUT2D eigenvalue weighted by Gasteiger charge is 2.24. The Morgan fingerprint density at radius 3 is 2.23 bits per heavy atom. The van der Waals surface area contributed by atoms with Crippen molar-refractivity contribution in [2.24, 2.45) is 0 Å². The minimum Gasteiger partial charge on any atom is -0.128 e. The van der Waals surface area contributed by atoms with Crippen molar-refractivity contribution in [3.8, 4) is 22.3 Å². The predicted molar refractivity (Wildman–Crippen MR) is 97.7 cm³/mol. The van der Waals surface area contributed by atoms with Gasteiger partial charge < -0.3 is 0 Å². The standard InChI is InChI=1S/C21H14S/c1-22-21-15-9-3-2-6-14(15)12-18-16-10-4-7-13-8-5-11-17(19(13)16)20(18)21/h2-12H,1H3. The molecular formula is C21H14S. The third kappa shape index (κ3) is 1.44. The maximum Gasteiger partial charge on any atom is 0.0233 e. The van der Waals surface area contributed by atoms with Crippen molar-refractivity contribution in [1.29, 1.82) is 0 Å². The Hall–Kier alpha value is -2.25. The van der Waals surface area contributed by atoms with E-state index in [-0.39, 0.29) is 0 Å². The molecule has 0 amide bonds. The maximum atomic E-state index is 2.36. The predicted octanol–water partition coefficient (Wildman–Crippen LogP) is 6.36. The number of thioether (sulfide) groups is 1. The highest BCUT2D eigenvalue weighted by molar-refractivity contribution is 7.99. The van der Waals surface area contributed by atoms with Gasteiger partial charge in [0.2, 0.25) is 0 Å². The lowest BCUT2D eigenvalue weighted by atomic mass is 9.99. The summed E-state index contributed by atoms with van der Waals surface area (Å²) in [5.74, 6) is 0. The van der Waals surface area contributed by atoms with Crippen molar-refractivity contribution in [3.05, 3.63) is 66.7 Å². The molecule has 22 heavy (non-hydrogen) atoms. The van der Waals surface area contributed by atoms with Crippen LogP contribution >= 0.6 is 11.8 Å². The number of rotatable bonds is 1. The first-order valence-corrected chi connectivity index (χ1v) is 8.73. The van der Waals surface area contributed by atoms with Gasteiger partial charge in [0.05, 0.1) is 0 Å². The molecule has 0 N–H and O–H groups in total. The second-order valence-electron chi connectivity index (χ2n) is 5.76. The minimum absolute atomic E-state index is 1.33. The van der Waals surface area contributed by atoms with E-state index >= 15 is 0 Å². The first-order chi connectivity index (χ1) is 10.9. The number of hydrogen-bond donors (Lipinski definition) is 0. The molecule has 0 saturated carbocycles. The second kappa shape index (κ2) is 4.37. The van der Waals surface area contributed by atoms with E-state index in [1.54, 1.807) is 0 Å². The summed E-state index contributed by atoms with van der Waals surface area (Å²) in [7, 11) is 0. The molecule has 1 aliphatic carbocycles. The lowest BCUT2D eigenvalue weighted by Gasteiger charge is -2.12. The third-order valence-electron chi connectivity index (χ3n) is 4.67. The molecule has 0 fully saturated rings. The lowest BCUT2D eigenvalue weighted by molar-refractivity contribution is 1.55. The quantitative estimate of drug-likeness (QED) is 0.324. The Labute approximate surface area is 133 Å². The van der Waals surface area contributed by atoms with Crippen LogP contribution in [-0.4, -0.2) is 6.26 Å². The van der Waals surface area contributed by atoms with Gasteiger partial charge in [-0.2, -0.15) is 0 Å². The molecule has 0 unspecified atom stereocenters. The van der Waals surface area contributed by atoms with Gasteiger partial charge in [0, 0.05) is 10.5 Å². The first-order valence-electron chi connectivity index (χ1n) is 7.51. The van der Waals surface area contributed by atoms with Crippen LogP contribution in [0.5, 0.6) is 0 Å². The molecule has 4 aromatic rings. The van der Waals surface area contributed by atoms with Crippen LogP contribution in [0.15, 0.2) is 71.6 Å². The normalized spacial score (nSPS) is 12.0. The van der Waals surface area contributed by atoms with E-state index in [1.165, 1.54) is 48.7 Å². The molecule has 104 valence electrons. The molecule has 1 heteroatoms. The van der Waals surface area contributed by atoms with Gasteiger partial charge in [-0.1, -0.05) is 60.7 Å². The van der Waals surface area contributed by atoms with Crippen LogP contribution in [0.1, 0.15) is 0 Å². The topological polar surface area (TPSA) is 0 Å².